The molecule has 0 bridgehead atoms. The highest BCUT2D eigenvalue weighted by Gasteiger charge is 2.26. The normalized spacial score (nSPS) is 23.7. The number of hydrogen-bond donors (Lipinski definition) is 2. The van der Waals surface area contributed by atoms with E-state index < -0.39 is 11.6 Å². The van der Waals surface area contributed by atoms with Crippen LogP contribution in [-0.2, 0) is 6.42 Å². The van der Waals surface area contributed by atoms with E-state index in [1.54, 1.807) is 18.2 Å². The summed E-state index contributed by atoms with van der Waals surface area (Å²) in [6.45, 7) is 2.05. The standard InChI is InChI=1S/C30H37F3O2/c1-2-3-28(35)22-12-10-21(11-13-22)26-16-14-23(29(32)30(26)33)9-6-19-4-7-20(8-5-19)25-17-15-24(34)18-27(25)31/h10,14-20,22,28,34-35H,2-9,11-13H2,1H3. The van der Waals surface area contributed by atoms with Gasteiger partial charge in [-0.1, -0.05) is 37.6 Å². The largest absolute Gasteiger partial charge is 0.508 e. The molecule has 1 saturated carbocycles. The Hall–Kier alpha value is -2.27. The lowest BCUT2D eigenvalue weighted by Gasteiger charge is -2.29. The van der Waals surface area contributed by atoms with Crippen LogP contribution in [0.25, 0.3) is 5.57 Å². The Labute approximate surface area is 206 Å². The maximum absolute atomic E-state index is 15.0. The number of halogens is 3. The Kier molecular flexibility index (Phi) is 8.59. The number of aromatic hydroxyl groups is 1. The lowest BCUT2D eigenvalue weighted by molar-refractivity contribution is 0.0934. The number of hydrogen-bond acceptors (Lipinski definition) is 2. The summed E-state index contributed by atoms with van der Waals surface area (Å²) in [7, 11) is 0. The van der Waals surface area contributed by atoms with Crippen LogP contribution in [0.15, 0.2) is 36.4 Å². The molecule has 2 aromatic rings. The molecule has 0 heterocycles. The third kappa shape index (κ3) is 6.11. The smallest absolute Gasteiger partial charge is 0.166 e. The average molecular weight is 487 g/mol. The van der Waals surface area contributed by atoms with Crippen molar-refractivity contribution < 1.29 is 23.4 Å². The molecule has 2 aliphatic carbocycles. The minimum Gasteiger partial charge on any atom is -0.508 e. The SMILES string of the molecule is CCCC(O)C1CC=C(c2ccc(CCC3CCC(c4ccc(O)cc4F)CC3)c(F)c2F)CC1. The van der Waals surface area contributed by atoms with Gasteiger partial charge in [0.05, 0.1) is 6.10 Å². The van der Waals surface area contributed by atoms with Gasteiger partial charge in [0, 0.05) is 11.6 Å². The number of benzene rings is 2. The van der Waals surface area contributed by atoms with Gasteiger partial charge >= 0.3 is 0 Å². The quantitative estimate of drug-likeness (QED) is 0.396. The zero-order valence-electron chi connectivity index (χ0n) is 20.6. The fraction of sp³-hybridized carbons (Fsp3) is 0.533. The number of phenolic OH excluding ortho intramolecular Hbond substituents is 1. The number of rotatable bonds is 8. The number of aliphatic hydroxyl groups is 1. The highest BCUT2D eigenvalue weighted by atomic mass is 19.2. The molecule has 4 rings (SSSR count). The lowest BCUT2D eigenvalue weighted by atomic mass is 9.76. The van der Waals surface area contributed by atoms with Crippen molar-refractivity contribution in [2.45, 2.75) is 89.6 Å². The molecule has 2 N–H and O–H groups in total. The molecule has 2 unspecified atom stereocenters. The van der Waals surface area contributed by atoms with Gasteiger partial charge in [0.2, 0.25) is 0 Å². The Morgan fingerprint density at radius 1 is 0.971 bits per heavy atom. The summed E-state index contributed by atoms with van der Waals surface area (Å²) < 4.78 is 44.1. The monoisotopic (exact) mass is 486 g/mol. The summed E-state index contributed by atoms with van der Waals surface area (Å²) in [6, 6.07) is 7.81. The Balaban J connectivity index is 1.32. The van der Waals surface area contributed by atoms with Crippen molar-refractivity contribution in [1.82, 2.24) is 0 Å². The number of aryl methyl sites for hydroxylation is 1. The molecule has 0 aliphatic heterocycles. The van der Waals surface area contributed by atoms with E-state index in [-0.39, 0.29) is 29.5 Å². The highest BCUT2D eigenvalue weighted by molar-refractivity contribution is 5.67. The minimum atomic E-state index is -0.757. The third-order valence-corrected chi connectivity index (χ3v) is 8.18. The van der Waals surface area contributed by atoms with Crippen molar-refractivity contribution in [2.75, 3.05) is 0 Å². The van der Waals surface area contributed by atoms with E-state index in [9.17, 15) is 23.4 Å². The third-order valence-electron chi connectivity index (χ3n) is 8.18. The fourth-order valence-electron chi connectivity index (χ4n) is 5.98. The zero-order valence-corrected chi connectivity index (χ0v) is 20.6. The Morgan fingerprint density at radius 2 is 1.74 bits per heavy atom. The van der Waals surface area contributed by atoms with Crippen molar-refractivity contribution in [3.8, 4) is 5.75 Å². The van der Waals surface area contributed by atoms with Gasteiger partial charge in [0.25, 0.3) is 0 Å². The molecule has 0 amide bonds. The first-order valence-corrected chi connectivity index (χ1v) is 13.2. The lowest BCUT2D eigenvalue weighted by Crippen LogP contribution is -2.22. The van der Waals surface area contributed by atoms with Gasteiger partial charge in [-0.3, -0.25) is 0 Å². The number of allylic oxidation sites excluding steroid dienone is 2. The molecule has 1 fully saturated rings. The summed E-state index contributed by atoms with van der Waals surface area (Å²) in [4.78, 5) is 0. The molecular weight excluding hydrogens is 449 g/mol. The van der Waals surface area contributed by atoms with E-state index in [1.807, 2.05) is 6.08 Å². The second kappa shape index (κ2) is 11.6. The van der Waals surface area contributed by atoms with Crippen LogP contribution >= 0.6 is 0 Å². The van der Waals surface area contributed by atoms with Gasteiger partial charge in [0.15, 0.2) is 11.6 Å². The Morgan fingerprint density at radius 3 is 2.40 bits per heavy atom. The van der Waals surface area contributed by atoms with E-state index >= 15 is 0 Å². The Bertz CT molecular complexity index is 1040. The van der Waals surface area contributed by atoms with E-state index in [0.717, 1.165) is 56.9 Å². The van der Waals surface area contributed by atoms with Crippen LogP contribution < -0.4 is 0 Å². The second-order valence-electron chi connectivity index (χ2n) is 10.5. The predicted molar refractivity (Wildman–Crippen MR) is 134 cm³/mol. The van der Waals surface area contributed by atoms with Crippen LogP contribution in [-0.4, -0.2) is 16.3 Å². The average Bonchev–Trinajstić information content (AvgIpc) is 2.86. The zero-order chi connectivity index (χ0) is 24.9. The molecule has 0 spiro atoms. The van der Waals surface area contributed by atoms with Crippen LogP contribution in [0.5, 0.6) is 5.75 Å². The molecule has 2 aromatic carbocycles. The van der Waals surface area contributed by atoms with Gasteiger partial charge in [-0.15, -0.1) is 0 Å². The van der Waals surface area contributed by atoms with Gasteiger partial charge in [-0.05, 0) is 105 Å². The highest BCUT2D eigenvalue weighted by Crippen LogP contribution is 2.40. The van der Waals surface area contributed by atoms with Gasteiger partial charge in [-0.2, -0.15) is 0 Å². The van der Waals surface area contributed by atoms with Crippen molar-refractivity contribution in [3.63, 3.8) is 0 Å². The summed E-state index contributed by atoms with van der Waals surface area (Å²) in [5, 5.41) is 19.7. The first-order chi connectivity index (χ1) is 16.9. The van der Waals surface area contributed by atoms with E-state index in [4.69, 9.17) is 0 Å². The predicted octanol–water partition coefficient (Wildman–Crippen LogP) is 8.06. The number of aliphatic hydroxyl groups excluding tert-OH is 1. The van der Waals surface area contributed by atoms with Crippen LogP contribution in [0.3, 0.4) is 0 Å². The molecular formula is C30H37F3O2. The van der Waals surface area contributed by atoms with Crippen LogP contribution in [0.4, 0.5) is 13.2 Å². The van der Waals surface area contributed by atoms with Crippen molar-refractivity contribution in [3.05, 3.63) is 70.5 Å². The molecule has 2 nitrogen and oxygen atoms in total. The summed E-state index contributed by atoms with van der Waals surface area (Å²) in [6.07, 6.45) is 10.4. The molecule has 5 heteroatoms. The molecule has 2 atom stereocenters. The van der Waals surface area contributed by atoms with Gasteiger partial charge < -0.3 is 10.2 Å². The second-order valence-corrected chi connectivity index (χ2v) is 10.5. The maximum atomic E-state index is 15.0. The molecule has 0 aromatic heterocycles. The molecule has 0 radical (unpaired) electrons. The van der Waals surface area contributed by atoms with Crippen molar-refractivity contribution >= 4 is 5.57 Å². The summed E-state index contributed by atoms with van der Waals surface area (Å²) in [5.41, 5.74) is 2.28. The maximum Gasteiger partial charge on any atom is 0.166 e. The summed E-state index contributed by atoms with van der Waals surface area (Å²) in [5.74, 6) is -1.15. The fourth-order valence-corrected chi connectivity index (χ4v) is 5.98. The minimum absolute atomic E-state index is 0.0602. The van der Waals surface area contributed by atoms with Crippen molar-refractivity contribution in [2.24, 2.45) is 11.8 Å². The van der Waals surface area contributed by atoms with Crippen LogP contribution in [0.2, 0.25) is 0 Å². The van der Waals surface area contributed by atoms with Crippen LogP contribution in [0.1, 0.15) is 93.7 Å². The molecule has 0 saturated heterocycles. The van der Waals surface area contributed by atoms with E-state index in [1.165, 1.54) is 12.1 Å². The van der Waals surface area contributed by atoms with E-state index in [2.05, 4.69) is 6.92 Å². The van der Waals surface area contributed by atoms with Crippen molar-refractivity contribution in [1.29, 1.82) is 0 Å². The summed E-state index contributed by atoms with van der Waals surface area (Å²) >= 11 is 0. The number of phenols is 1. The molecule has 190 valence electrons. The molecule has 2 aliphatic rings. The van der Waals surface area contributed by atoms with Gasteiger partial charge in [-0.25, -0.2) is 13.2 Å². The first kappa shape index (κ1) is 25.8. The van der Waals surface area contributed by atoms with E-state index in [0.29, 0.717) is 41.9 Å². The first-order valence-electron chi connectivity index (χ1n) is 13.2. The molecule has 35 heavy (non-hydrogen) atoms. The van der Waals surface area contributed by atoms with Gasteiger partial charge in [0.1, 0.15) is 11.6 Å². The van der Waals surface area contributed by atoms with Crippen LogP contribution in [0, 0.1) is 29.3 Å². The topological polar surface area (TPSA) is 40.5 Å².